The van der Waals surface area contributed by atoms with Crippen LogP contribution >= 0.6 is 0 Å². The molecule has 15 heteroatoms. The quantitative estimate of drug-likeness (QED) is 0.0424. The fraction of sp³-hybridized carbons (Fsp3) is 0.224. The van der Waals surface area contributed by atoms with Gasteiger partial charge in [-0.05, 0) is 104 Å². The van der Waals surface area contributed by atoms with Gasteiger partial charge in [0, 0.05) is 107 Å². The summed E-state index contributed by atoms with van der Waals surface area (Å²) >= 11 is 0. The maximum Gasteiger partial charge on any atom is 0.204 e. The zero-order valence-corrected chi connectivity index (χ0v) is 38.3. The number of methoxy groups -OCH3 is 2. The summed E-state index contributed by atoms with van der Waals surface area (Å²) in [7, 11) is 4.10. The Balaban J connectivity index is 0.000000383. The molecule has 3 aromatic heterocycles. The first kappa shape index (κ1) is 52.4. The summed E-state index contributed by atoms with van der Waals surface area (Å²) in [4.78, 5) is 48.1. The number of pyridine rings is 3. The number of allylic oxidation sites excluding steroid dienone is 1. The van der Waals surface area contributed by atoms with Gasteiger partial charge in [-0.1, -0.05) is 47.4 Å². The minimum absolute atomic E-state index is 0. The number of aliphatic hydroxyl groups excluding tert-OH is 1. The van der Waals surface area contributed by atoms with E-state index in [2.05, 4.69) is 19.8 Å². The molecule has 0 spiro atoms. The van der Waals surface area contributed by atoms with Crippen LogP contribution in [-0.4, -0.2) is 77.6 Å². The summed E-state index contributed by atoms with van der Waals surface area (Å²) in [5, 5.41) is 44.8. The molecule has 0 fully saturated rings. The van der Waals surface area contributed by atoms with Crippen molar-refractivity contribution in [2.24, 2.45) is 0 Å². The van der Waals surface area contributed by atoms with Gasteiger partial charge in [0.05, 0.1) is 31.2 Å². The van der Waals surface area contributed by atoms with E-state index in [4.69, 9.17) is 14.6 Å². The van der Waals surface area contributed by atoms with Crippen LogP contribution in [0.5, 0.6) is 23.1 Å². The minimum atomic E-state index is -0.353. The molecule has 64 heavy (non-hydrogen) atoms. The topological polar surface area (TPSA) is 195 Å². The Bertz CT molecular complexity index is 2310. The van der Waals surface area contributed by atoms with Gasteiger partial charge < -0.3 is 29.9 Å². The van der Waals surface area contributed by atoms with Gasteiger partial charge in [-0.25, -0.2) is 4.90 Å². The van der Waals surface area contributed by atoms with Crippen LogP contribution in [0.15, 0.2) is 128 Å². The van der Waals surface area contributed by atoms with Crippen molar-refractivity contribution < 1.29 is 87.0 Å². The molecule has 0 atom stereocenters. The van der Waals surface area contributed by atoms with Crippen LogP contribution < -0.4 is 29.4 Å². The molecule has 0 bridgehead atoms. The van der Waals surface area contributed by atoms with E-state index >= 15 is 0 Å². The largest absolute Gasteiger partial charge is 0.872 e. The fourth-order valence-electron chi connectivity index (χ4n) is 6.48. The van der Waals surface area contributed by atoms with E-state index in [1.165, 1.54) is 4.57 Å². The molecule has 3 aromatic carbocycles. The first-order chi connectivity index (χ1) is 30.5. The van der Waals surface area contributed by atoms with Crippen molar-refractivity contribution in [3.05, 3.63) is 178 Å². The van der Waals surface area contributed by atoms with E-state index in [0.29, 0.717) is 73.5 Å². The Kier molecular flexibility index (Phi) is 22.3. The van der Waals surface area contributed by atoms with Crippen molar-refractivity contribution in [2.45, 2.75) is 40.2 Å². The van der Waals surface area contributed by atoms with Crippen LogP contribution in [0.1, 0.15) is 64.7 Å². The second-order valence-electron chi connectivity index (χ2n) is 14.2. The number of aliphatic hydroxyl groups is 1. The molecule has 0 saturated carbocycles. The molecule has 0 aliphatic rings. The van der Waals surface area contributed by atoms with Crippen molar-refractivity contribution in [2.75, 3.05) is 34.4 Å². The molecule has 1 N–H and O–H groups in total. The van der Waals surface area contributed by atoms with Crippen molar-refractivity contribution in [3.8, 4) is 23.1 Å². The van der Waals surface area contributed by atoms with Gasteiger partial charge >= 0.3 is 0 Å². The van der Waals surface area contributed by atoms with Gasteiger partial charge in [-0.2, -0.15) is 4.57 Å². The van der Waals surface area contributed by atoms with Gasteiger partial charge in [0.15, 0.2) is 24.1 Å². The molecule has 0 saturated heterocycles. The minimum Gasteiger partial charge on any atom is -0.872 e. The number of nitrogens with zero attached hydrogens (tertiary/aromatic N) is 5. The number of rotatable bonds is 18. The summed E-state index contributed by atoms with van der Waals surface area (Å²) in [5.41, 5.74) is 5.03. The molecular weight excluding hydrogens is 965 g/mol. The van der Waals surface area contributed by atoms with Crippen molar-refractivity contribution in [1.29, 1.82) is 0 Å². The van der Waals surface area contributed by atoms with Crippen LogP contribution in [0.4, 0.5) is 0 Å². The van der Waals surface area contributed by atoms with Crippen LogP contribution in [0.3, 0.4) is 0 Å². The fourth-order valence-corrected chi connectivity index (χ4v) is 6.48. The summed E-state index contributed by atoms with van der Waals surface area (Å²) in [6.07, 6.45) is 7.46. The van der Waals surface area contributed by atoms with E-state index in [0.717, 1.165) is 35.7 Å². The molecule has 0 unspecified atom stereocenters. The second kappa shape index (κ2) is 27.3. The Morgan fingerprint density at radius 2 is 1.22 bits per heavy atom. The maximum absolute atomic E-state index is 12.9. The monoisotopic (exact) mass is 1020 g/mol. The van der Waals surface area contributed by atoms with Gasteiger partial charge in [0.25, 0.3) is 0 Å². The number of aromatic nitrogens is 3. The molecule has 338 valence electrons. The molecular formula is C49H51DyN5O9-2. The van der Waals surface area contributed by atoms with E-state index in [1.54, 1.807) is 93.5 Å². The van der Waals surface area contributed by atoms with Crippen molar-refractivity contribution in [1.82, 2.24) is 19.8 Å². The van der Waals surface area contributed by atoms with Crippen LogP contribution in [0, 0.1) is 52.0 Å². The van der Waals surface area contributed by atoms with Gasteiger partial charge in [-0.15, -0.1) is 0 Å². The number of hydrogen-bond donors (Lipinski definition) is 1. The number of aryl methyl sites for hydroxylation is 2. The Morgan fingerprint density at radius 1 is 0.703 bits per heavy atom. The van der Waals surface area contributed by atoms with Gasteiger partial charge in [0.2, 0.25) is 6.67 Å². The number of benzene rings is 3. The smallest absolute Gasteiger partial charge is 0.204 e. The molecule has 0 amide bonds. The normalized spacial score (nSPS) is 10.7. The third kappa shape index (κ3) is 16.0. The van der Waals surface area contributed by atoms with E-state index in [9.17, 15) is 29.7 Å². The molecule has 14 nitrogen and oxygen atoms in total. The molecule has 6 aromatic rings. The number of hydrogen-bond acceptors (Lipinski definition) is 13. The second-order valence-corrected chi connectivity index (χ2v) is 14.2. The Labute approximate surface area is 404 Å². The average Bonchev–Trinajstić information content (AvgIpc) is 3.31. The van der Waals surface area contributed by atoms with Crippen LogP contribution in [0.2, 0.25) is 0 Å². The zero-order chi connectivity index (χ0) is 45.7. The summed E-state index contributed by atoms with van der Waals surface area (Å²) < 4.78 is 11.6. The first-order valence-electron chi connectivity index (χ1n) is 19.8. The number of carbonyl (C=O) groups is 3. The zero-order valence-electron chi connectivity index (χ0n) is 36.3. The van der Waals surface area contributed by atoms with Gasteiger partial charge in [0.1, 0.15) is 17.8 Å². The van der Waals surface area contributed by atoms with Crippen molar-refractivity contribution >= 4 is 24.1 Å². The maximum atomic E-state index is 12.9. The Hall–Kier alpha value is -5.99. The predicted molar refractivity (Wildman–Crippen MR) is 232 cm³/mol. The van der Waals surface area contributed by atoms with Gasteiger partial charge in [-0.3, -0.25) is 29.3 Å². The molecule has 0 aliphatic heterocycles. The number of ketones is 1. The van der Waals surface area contributed by atoms with Crippen molar-refractivity contribution in [3.63, 3.8) is 0 Å². The number of aldehydes is 2. The molecule has 6 rings (SSSR count). The standard InChI is InChI=1S/C31H33N5O4.C17H16O4.CH4O.Dy/c1-23-13-25(30(39)26(14-23)20-37)17-34(18-28-7-3-5-9-32-28)11-12-35(19-29-8-4-6-10-33-29)22-36-16-24(2)15-27(21-38)31(36)40;1-20-14-7-3-12(4-8-14)16(18)11-17(19)13-5-9-15(21-2)10-6-13;1-2;/h3-10,13-16,20-21,39H,11-12,17-19,22H2,1-2H3;3-11,18H,1-2H3;2H,1H3;/p-2/b;16-11-;;. The average molecular weight is 1020 g/mol. The molecule has 0 radical (unpaired) electrons. The van der Waals surface area contributed by atoms with E-state index in [-0.39, 0.29) is 79.1 Å². The van der Waals surface area contributed by atoms with E-state index in [1.807, 2.05) is 56.3 Å². The summed E-state index contributed by atoms with van der Waals surface area (Å²) in [6, 6.07) is 29.6. The van der Waals surface area contributed by atoms with E-state index < -0.39 is 0 Å². The predicted octanol–water partition coefficient (Wildman–Crippen LogP) is 4.21. The van der Waals surface area contributed by atoms with Crippen LogP contribution in [0.25, 0.3) is 5.76 Å². The number of carbonyl (C=O) groups excluding carboxylic acids is 3. The summed E-state index contributed by atoms with van der Waals surface area (Å²) in [6.45, 7) is 6.31. The molecule has 0 aliphatic carbocycles. The SMILES string of the molecule is CO.COc1ccc(C(=O)/C=C(\[O-])c2ccc(OC)cc2)cc1.Cc1cc(C=O)c([O-])c(CN(CCN(Cc2ccccn2)C[n+]2cc(C)cc(C=O)c2[O-])Cc2ccccn2)c1.[Dy]. The molecule has 3 heterocycles. The third-order valence-electron chi connectivity index (χ3n) is 9.56. The Morgan fingerprint density at radius 3 is 1.73 bits per heavy atom. The van der Waals surface area contributed by atoms with Crippen LogP contribution in [-0.2, 0) is 26.3 Å². The third-order valence-corrected chi connectivity index (χ3v) is 9.56. The summed E-state index contributed by atoms with van der Waals surface area (Å²) in [5.74, 6) is 0.0248. The first-order valence-corrected chi connectivity index (χ1v) is 19.8. The number of ether oxygens (including phenoxy) is 2.